The van der Waals surface area contributed by atoms with Gasteiger partial charge >= 0.3 is 0 Å². The summed E-state index contributed by atoms with van der Waals surface area (Å²) in [7, 11) is -3.22. The molecule has 1 atom stereocenters. The van der Waals surface area contributed by atoms with Crippen LogP contribution in [0.2, 0.25) is 0 Å². The van der Waals surface area contributed by atoms with Gasteiger partial charge in [0.15, 0.2) is 0 Å². The second kappa shape index (κ2) is 5.38. The summed E-state index contributed by atoms with van der Waals surface area (Å²) < 4.78 is 26.0. The minimum atomic E-state index is -3.22. The fraction of sp³-hybridized carbons (Fsp3) is 0.500. The van der Waals surface area contributed by atoms with Gasteiger partial charge in [-0.2, -0.15) is 0 Å². The van der Waals surface area contributed by atoms with E-state index in [4.69, 9.17) is 11.6 Å². The molecule has 1 aliphatic rings. The summed E-state index contributed by atoms with van der Waals surface area (Å²) in [5.41, 5.74) is 2.58. The van der Waals surface area contributed by atoms with Crippen LogP contribution in [0.4, 0.5) is 0 Å². The van der Waals surface area contributed by atoms with Gasteiger partial charge in [0.05, 0.1) is 5.75 Å². The first-order chi connectivity index (χ1) is 8.11. The number of hydrogen-bond acceptors (Lipinski definition) is 2. The molecule has 5 heteroatoms. The highest BCUT2D eigenvalue weighted by Crippen LogP contribution is 2.21. The molecule has 0 saturated carbocycles. The zero-order chi connectivity index (χ0) is 12.3. The van der Waals surface area contributed by atoms with E-state index in [1.807, 2.05) is 12.1 Å². The van der Waals surface area contributed by atoms with Crippen molar-refractivity contribution in [3.8, 4) is 0 Å². The Morgan fingerprint density at radius 1 is 1.29 bits per heavy atom. The molecule has 17 heavy (non-hydrogen) atoms. The third-order valence-electron chi connectivity index (χ3n) is 3.04. The van der Waals surface area contributed by atoms with E-state index >= 15 is 0 Å². The highest BCUT2D eigenvalue weighted by atomic mass is 35.5. The van der Waals surface area contributed by atoms with Crippen molar-refractivity contribution in [2.75, 3.05) is 11.6 Å². The predicted octanol–water partition coefficient (Wildman–Crippen LogP) is 1.70. The van der Waals surface area contributed by atoms with Crippen LogP contribution in [0, 0.1) is 0 Å². The number of nitrogens with one attached hydrogen (secondary N) is 1. The molecule has 1 aliphatic carbocycles. The highest BCUT2D eigenvalue weighted by molar-refractivity contribution is 7.89. The van der Waals surface area contributed by atoms with Crippen molar-refractivity contribution in [3.05, 3.63) is 35.4 Å². The standard InChI is InChI=1S/C12H16ClNO2S/c13-7-8-17(15,16)14-12-6-5-10-3-1-2-4-11(10)9-12/h1-4,12,14H,5-9H2. The highest BCUT2D eigenvalue weighted by Gasteiger charge is 2.22. The number of hydrogen-bond donors (Lipinski definition) is 1. The minimum absolute atomic E-state index is 0.00724. The lowest BCUT2D eigenvalue weighted by atomic mass is 9.89. The van der Waals surface area contributed by atoms with E-state index in [1.54, 1.807) is 0 Å². The first-order valence-electron chi connectivity index (χ1n) is 5.73. The zero-order valence-corrected chi connectivity index (χ0v) is 11.1. The lowest BCUT2D eigenvalue weighted by Crippen LogP contribution is -2.40. The van der Waals surface area contributed by atoms with Crippen molar-refractivity contribution in [2.24, 2.45) is 0 Å². The molecular weight excluding hydrogens is 258 g/mol. The van der Waals surface area contributed by atoms with Gasteiger partial charge in [-0.1, -0.05) is 24.3 Å². The van der Waals surface area contributed by atoms with Crippen LogP contribution in [-0.4, -0.2) is 26.1 Å². The number of halogens is 1. The van der Waals surface area contributed by atoms with Crippen molar-refractivity contribution < 1.29 is 8.42 Å². The van der Waals surface area contributed by atoms with Crippen molar-refractivity contribution in [2.45, 2.75) is 25.3 Å². The minimum Gasteiger partial charge on any atom is -0.212 e. The number of aryl methyl sites for hydroxylation is 1. The van der Waals surface area contributed by atoms with E-state index in [0.717, 1.165) is 19.3 Å². The van der Waals surface area contributed by atoms with Crippen LogP contribution < -0.4 is 4.72 Å². The fourth-order valence-electron chi connectivity index (χ4n) is 2.21. The molecule has 0 fully saturated rings. The van der Waals surface area contributed by atoms with Crippen LogP contribution in [0.3, 0.4) is 0 Å². The SMILES string of the molecule is O=S(=O)(CCCl)NC1CCc2ccccc2C1. The molecule has 1 unspecified atom stereocenters. The molecular formula is C12H16ClNO2S. The van der Waals surface area contributed by atoms with Crippen LogP contribution in [0.5, 0.6) is 0 Å². The summed E-state index contributed by atoms with van der Waals surface area (Å²) in [5, 5.41) is 0. The molecule has 0 aliphatic heterocycles. The Labute approximate surface area is 107 Å². The van der Waals surface area contributed by atoms with E-state index < -0.39 is 10.0 Å². The normalized spacial score (nSPS) is 19.9. The molecule has 1 aromatic carbocycles. The predicted molar refractivity (Wildman–Crippen MR) is 69.9 cm³/mol. The van der Waals surface area contributed by atoms with Crippen molar-refractivity contribution >= 4 is 21.6 Å². The first-order valence-corrected chi connectivity index (χ1v) is 7.92. The third kappa shape index (κ3) is 3.44. The lowest BCUT2D eigenvalue weighted by molar-refractivity contribution is 0.508. The van der Waals surface area contributed by atoms with Crippen LogP contribution in [-0.2, 0) is 22.9 Å². The van der Waals surface area contributed by atoms with E-state index in [1.165, 1.54) is 11.1 Å². The maximum absolute atomic E-state index is 11.6. The Morgan fingerprint density at radius 2 is 2.00 bits per heavy atom. The molecule has 0 spiro atoms. The third-order valence-corrected chi connectivity index (χ3v) is 4.89. The number of benzene rings is 1. The topological polar surface area (TPSA) is 46.2 Å². The van der Waals surface area contributed by atoms with Gasteiger partial charge in [0, 0.05) is 11.9 Å². The number of sulfonamides is 1. The maximum Gasteiger partial charge on any atom is 0.213 e. The van der Waals surface area contributed by atoms with E-state index in [9.17, 15) is 8.42 Å². The maximum atomic E-state index is 11.6. The molecule has 0 aromatic heterocycles. The summed E-state index contributed by atoms with van der Waals surface area (Å²) in [5.74, 6) is 0.130. The van der Waals surface area contributed by atoms with Crippen LogP contribution in [0.15, 0.2) is 24.3 Å². The molecule has 2 rings (SSSR count). The number of fused-ring (bicyclic) bond motifs is 1. The van der Waals surface area contributed by atoms with Crippen molar-refractivity contribution in [1.29, 1.82) is 0 Å². The summed E-state index contributed by atoms with van der Waals surface area (Å²) in [6.45, 7) is 0. The van der Waals surface area contributed by atoms with Gasteiger partial charge in [-0.25, -0.2) is 13.1 Å². The van der Waals surface area contributed by atoms with Gasteiger partial charge in [0.25, 0.3) is 0 Å². The monoisotopic (exact) mass is 273 g/mol. The summed E-state index contributed by atoms with van der Waals surface area (Å²) >= 11 is 5.47. The summed E-state index contributed by atoms with van der Waals surface area (Å²) in [4.78, 5) is 0. The Kier molecular flexibility index (Phi) is 4.07. The van der Waals surface area contributed by atoms with Gasteiger partial charge < -0.3 is 0 Å². The van der Waals surface area contributed by atoms with Gasteiger partial charge in [0.1, 0.15) is 0 Å². The summed E-state index contributed by atoms with van der Waals surface area (Å²) in [6.07, 6.45) is 2.57. The fourth-order valence-corrected chi connectivity index (χ4v) is 3.85. The summed E-state index contributed by atoms with van der Waals surface area (Å²) in [6, 6.07) is 8.21. The Balaban J connectivity index is 2.04. The molecule has 0 radical (unpaired) electrons. The average molecular weight is 274 g/mol. The smallest absolute Gasteiger partial charge is 0.212 e. The number of rotatable bonds is 4. The van der Waals surface area contributed by atoms with Crippen molar-refractivity contribution in [3.63, 3.8) is 0 Å². The van der Waals surface area contributed by atoms with E-state index in [0.29, 0.717) is 0 Å². The van der Waals surface area contributed by atoms with Gasteiger partial charge in [-0.15, -0.1) is 11.6 Å². The van der Waals surface area contributed by atoms with Gasteiger partial charge in [0.2, 0.25) is 10.0 Å². The second-order valence-electron chi connectivity index (χ2n) is 4.33. The molecule has 3 nitrogen and oxygen atoms in total. The quantitative estimate of drug-likeness (QED) is 0.849. The molecule has 1 N–H and O–H groups in total. The average Bonchev–Trinajstić information content (AvgIpc) is 2.28. The zero-order valence-electron chi connectivity index (χ0n) is 9.52. The molecule has 0 amide bonds. The van der Waals surface area contributed by atoms with Crippen molar-refractivity contribution in [1.82, 2.24) is 4.72 Å². The molecule has 0 heterocycles. The van der Waals surface area contributed by atoms with Crippen LogP contribution in [0.25, 0.3) is 0 Å². The van der Waals surface area contributed by atoms with Crippen LogP contribution in [0.1, 0.15) is 17.5 Å². The Bertz CT molecular complexity index is 487. The molecule has 0 bridgehead atoms. The second-order valence-corrected chi connectivity index (χ2v) is 6.59. The van der Waals surface area contributed by atoms with E-state index in [2.05, 4.69) is 16.9 Å². The molecule has 94 valence electrons. The molecule has 1 aromatic rings. The molecule has 0 saturated heterocycles. The van der Waals surface area contributed by atoms with Crippen LogP contribution >= 0.6 is 11.6 Å². The number of alkyl halides is 1. The Hall–Kier alpha value is -0.580. The lowest BCUT2D eigenvalue weighted by Gasteiger charge is -2.25. The van der Waals surface area contributed by atoms with Gasteiger partial charge in [-0.3, -0.25) is 0 Å². The Morgan fingerprint density at radius 3 is 2.71 bits per heavy atom. The van der Waals surface area contributed by atoms with E-state index in [-0.39, 0.29) is 17.7 Å². The van der Waals surface area contributed by atoms with Gasteiger partial charge in [-0.05, 0) is 30.4 Å². The first kappa shape index (κ1) is 12.9. The largest absolute Gasteiger partial charge is 0.213 e.